The predicted molar refractivity (Wildman–Crippen MR) is 82.1 cm³/mol. The summed E-state index contributed by atoms with van der Waals surface area (Å²) in [6.45, 7) is 4.74. The zero-order valence-corrected chi connectivity index (χ0v) is 13.7. The van der Waals surface area contributed by atoms with Crippen LogP contribution in [0.2, 0.25) is 0 Å². The summed E-state index contributed by atoms with van der Waals surface area (Å²) in [7, 11) is -4.54. The molecule has 0 aliphatic carbocycles. The highest BCUT2D eigenvalue weighted by Crippen LogP contribution is 2.25. The van der Waals surface area contributed by atoms with E-state index in [1.165, 1.54) is 12.1 Å². The number of anilines is 1. The molecule has 0 N–H and O–H groups in total. The van der Waals surface area contributed by atoms with E-state index in [-0.39, 0.29) is 10.9 Å². The van der Waals surface area contributed by atoms with Crippen molar-refractivity contribution < 1.29 is 17.2 Å². The van der Waals surface area contributed by atoms with Crippen molar-refractivity contribution in [2.24, 2.45) is 0 Å². The van der Waals surface area contributed by atoms with Gasteiger partial charge in [-0.1, -0.05) is 13.8 Å². The number of rotatable bonds is 8. The molecule has 120 valence electrons. The van der Waals surface area contributed by atoms with Crippen LogP contribution in [-0.2, 0) is 9.84 Å². The lowest BCUT2D eigenvalue weighted by molar-refractivity contribution is 0.234. The molecule has 0 atom stereocenters. The third-order valence-corrected chi connectivity index (χ3v) is 5.01. The topological polar surface area (TPSA) is 37.4 Å². The van der Waals surface area contributed by atoms with E-state index in [4.69, 9.17) is 11.6 Å². The molecule has 3 nitrogen and oxygen atoms in total. The van der Waals surface area contributed by atoms with Crippen molar-refractivity contribution in [1.82, 2.24) is 0 Å². The number of nitrogens with zero attached hydrogens (tertiary/aromatic N) is 1. The second kappa shape index (κ2) is 7.94. The largest absolute Gasteiger partial charge is 0.367 e. The fraction of sp³-hybridized carbons (Fsp3) is 0.571. The van der Waals surface area contributed by atoms with Crippen molar-refractivity contribution in [2.45, 2.75) is 43.4 Å². The monoisotopic (exact) mass is 339 g/mol. The Balaban J connectivity index is 3.09. The van der Waals surface area contributed by atoms with Gasteiger partial charge in [0.05, 0.1) is 4.90 Å². The lowest BCUT2D eigenvalue weighted by Crippen LogP contribution is -2.36. The molecule has 7 heteroatoms. The molecule has 21 heavy (non-hydrogen) atoms. The van der Waals surface area contributed by atoms with E-state index in [1.807, 2.05) is 0 Å². The van der Waals surface area contributed by atoms with Crippen LogP contribution < -0.4 is 4.90 Å². The molecule has 0 aromatic heterocycles. The molecule has 0 spiro atoms. The molecule has 1 aromatic carbocycles. The number of alkyl halides is 3. The molecule has 0 unspecified atom stereocenters. The van der Waals surface area contributed by atoms with Crippen molar-refractivity contribution in [3.63, 3.8) is 0 Å². The second-order valence-electron chi connectivity index (χ2n) is 4.65. The molecule has 1 aromatic rings. The van der Waals surface area contributed by atoms with Gasteiger partial charge in [0.1, 0.15) is 0 Å². The zero-order chi connectivity index (χ0) is 16.0. The van der Waals surface area contributed by atoms with E-state index in [0.717, 1.165) is 18.5 Å². The smallest absolute Gasteiger partial charge is 0.341 e. The fourth-order valence-electron chi connectivity index (χ4n) is 2.27. The number of benzene rings is 1. The molecule has 0 fully saturated rings. The molecule has 0 heterocycles. The van der Waals surface area contributed by atoms with Crippen molar-refractivity contribution in [3.05, 3.63) is 24.3 Å². The predicted octanol–water partition coefficient (Wildman–Crippen LogP) is 3.92. The molecule has 0 bridgehead atoms. The molecular weight excluding hydrogens is 320 g/mol. The van der Waals surface area contributed by atoms with Gasteiger partial charge in [-0.3, -0.25) is 0 Å². The fourth-order valence-corrected chi connectivity index (χ4v) is 3.18. The Morgan fingerprint density at radius 3 is 2.05 bits per heavy atom. The average Bonchev–Trinajstić information content (AvgIpc) is 2.47. The second-order valence-corrected chi connectivity index (χ2v) is 6.95. The quantitative estimate of drug-likeness (QED) is 0.674. The van der Waals surface area contributed by atoms with Crippen LogP contribution in [0.25, 0.3) is 0 Å². The Hall–Kier alpha value is -0.880. The van der Waals surface area contributed by atoms with Crippen LogP contribution in [0.1, 0.15) is 26.7 Å². The van der Waals surface area contributed by atoms with Crippen molar-refractivity contribution in [3.8, 4) is 0 Å². The molecule has 0 amide bonds. The summed E-state index contributed by atoms with van der Waals surface area (Å²) in [5.74, 6) is -2.96. The minimum Gasteiger partial charge on any atom is -0.367 e. The van der Waals surface area contributed by atoms with Crippen LogP contribution in [0.5, 0.6) is 0 Å². The summed E-state index contributed by atoms with van der Waals surface area (Å²) >= 11 is 5.81. The summed E-state index contributed by atoms with van der Waals surface area (Å²) < 4.78 is 47.8. The van der Waals surface area contributed by atoms with E-state index in [9.17, 15) is 17.2 Å². The molecule has 1 rings (SSSR count). The first-order valence-corrected chi connectivity index (χ1v) is 8.91. The number of hydrogen-bond acceptors (Lipinski definition) is 3. The van der Waals surface area contributed by atoms with Crippen LogP contribution in [0.3, 0.4) is 0 Å². The average molecular weight is 340 g/mol. The zero-order valence-electron chi connectivity index (χ0n) is 12.1. The highest BCUT2D eigenvalue weighted by atomic mass is 35.5. The summed E-state index contributed by atoms with van der Waals surface area (Å²) in [6, 6.07) is 5.84. The first kappa shape index (κ1) is 18.2. The van der Waals surface area contributed by atoms with Crippen LogP contribution >= 0.6 is 11.6 Å². The maximum Gasteiger partial charge on any atom is 0.341 e. The van der Waals surface area contributed by atoms with E-state index < -0.39 is 15.6 Å². The Labute approximate surface area is 129 Å². The Morgan fingerprint density at radius 2 is 1.67 bits per heavy atom. The van der Waals surface area contributed by atoms with Gasteiger partial charge >= 0.3 is 5.76 Å². The summed E-state index contributed by atoms with van der Waals surface area (Å²) in [5.41, 5.74) is 0.789. The van der Waals surface area contributed by atoms with Gasteiger partial charge in [0.25, 0.3) is 0 Å². The third kappa shape index (κ3) is 4.30. The number of hydrogen-bond donors (Lipinski definition) is 0. The standard InChI is InChI=1S/C14H20ClF2NO2S/c1-3-11(4-2)18(10-9-15)12-5-7-13(8-6-12)21(19,20)14(16)17/h5-8,11,14H,3-4,9-10H2,1-2H3. The Kier molecular flexibility index (Phi) is 6.87. The van der Waals surface area contributed by atoms with Gasteiger partial charge in [0.2, 0.25) is 9.84 Å². The normalized spacial score (nSPS) is 12.1. The van der Waals surface area contributed by atoms with E-state index >= 15 is 0 Å². The first-order valence-electron chi connectivity index (χ1n) is 6.83. The minimum atomic E-state index is -4.54. The molecular formula is C14H20ClF2NO2S. The summed E-state index contributed by atoms with van der Waals surface area (Å²) in [5, 5.41) is 0. The molecule has 0 aliphatic heterocycles. The molecule has 0 radical (unpaired) electrons. The Morgan fingerprint density at radius 1 is 1.14 bits per heavy atom. The third-order valence-electron chi connectivity index (χ3n) is 3.44. The van der Waals surface area contributed by atoms with Gasteiger partial charge in [-0.25, -0.2) is 8.42 Å². The first-order chi connectivity index (χ1) is 9.88. The van der Waals surface area contributed by atoms with Crippen molar-refractivity contribution >= 4 is 27.1 Å². The lowest BCUT2D eigenvalue weighted by atomic mass is 10.1. The summed E-state index contributed by atoms with van der Waals surface area (Å²) in [4.78, 5) is 1.71. The molecule has 0 saturated carbocycles. The van der Waals surface area contributed by atoms with Gasteiger partial charge in [0.15, 0.2) is 0 Å². The van der Waals surface area contributed by atoms with Gasteiger partial charge in [-0.2, -0.15) is 8.78 Å². The van der Waals surface area contributed by atoms with Crippen LogP contribution in [0.4, 0.5) is 14.5 Å². The van der Waals surface area contributed by atoms with Gasteiger partial charge < -0.3 is 4.90 Å². The van der Waals surface area contributed by atoms with Crippen LogP contribution in [0, 0.1) is 0 Å². The number of sulfone groups is 1. The summed E-state index contributed by atoms with van der Waals surface area (Å²) in [6.07, 6.45) is 1.84. The van der Waals surface area contributed by atoms with E-state index in [2.05, 4.69) is 18.7 Å². The van der Waals surface area contributed by atoms with Crippen LogP contribution in [0.15, 0.2) is 29.2 Å². The number of halogens is 3. The minimum absolute atomic E-state index is 0.279. The maximum absolute atomic E-state index is 12.5. The lowest BCUT2D eigenvalue weighted by Gasteiger charge is -2.32. The Bertz CT molecular complexity index is 530. The molecule has 0 saturated heterocycles. The molecule has 0 aliphatic rings. The maximum atomic E-state index is 12.5. The van der Waals surface area contributed by atoms with Crippen molar-refractivity contribution in [1.29, 1.82) is 0 Å². The van der Waals surface area contributed by atoms with E-state index in [0.29, 0.717) is 12.4 Å². The van der Waals surface area contributed by atoms with Gasteiger partial charge in [-0.15, -0.1) is 11.6 Å². The van der Waals surface area contributed by atoms with Gasteiger partial charge in [0, 0.05) is 24.2 Å². The van der Waals surface area contributed by atoms with Crippen molar-refractivity contribution in [2.75, 3.05) is 17.3 Å². The highest BCUT2D eigenvalue weighted by molar-refractivity contribution is 7.91. The van der Waals surface area contributed by atoms with E-state index in [1.54, 1.807) is 12.1 Å². The van der Waals surface area contributed by atoms with Crippen LogP contribution in [-0.4, -0.2) is 32.6 Å². The SMILES string of the molecule is CCC(CC)N(CCCl)c1ccc(S(=O)(=O)C(F)F)cc1. The van der Waals surface area contributed by atoms with Gasteiger partial charge in [-0.05, 0) is 37.1 Å². The highest BCUT2D eigenvalue weighted by Gasteiger charge is 2.26.